The Balaban J connectivity index is 0.00000240. The van der Waals surface area contributed by atoms with E-state index in [1.54, 1.807) is 7.05 Å². The van der Waals surface area contributed by atoms with Crippen molar-refractivity contribution in [3.05, 3.63) is 17.7 Å². The van der Waals surface area contributed by atoms with Crippen LogP contribution in [0.1, 0.15) is 44.1 Å². The van der Waals surface area contributed by atoms with Crippen molar-refractivity contribution in [2.24, 2.45) is 10.9 Å². The number of aliphatic imine (C=N–C) groups is 1. The second-order valence-electron chi connectivity index (χ2n) is 8.07. The molecular weight excluding hydrogens is 485 g/mol. The van der Waals surface area contributed by atoms with Crippen molar-refractivity contribution < 1.29 is 9.59 Å². The third kappa shape index (κ3) is 4.36. The van der Waals surface area contributed by atoms with Crippen molar-refractivity contribution in [2.75, 3.05) is 20.1 Å². The maximum Gasteiger partial charge on any atom is 0.322 e. The molecular formula is C19H30IN7O2. The molecule has 0 bridgehead atoms. The van der Waals surface area contributed by atoms with Gasteiger partial charge in [0.1, 0.15) is 11.4 Å². The molecule has 0 aromatic carbocycles. The van der Waals surface area contributed by atoms with Crippen LogP contribution in [0.3, 0.4) is 0 Å². The summed E-state index contributed by atoms with van der Waals surface area (Å²) in [6.07, 6.45) is 7.30. The molecule has 10 heteroatoms. The first-order valence-corrected chi connectivity index (χ1v) is 10.1. The zero-order valence-electron chi connectivity index (χ0n) is 17.0. The first-order valence-electron chi connectivity index (χ1n) is 10.1. The number of aromatic nitrogens is 2. The van der Waals surface area contributed by atoms with Crippen molar-refractivity contribution in [3.8, 4) is 0 Å². The molecule has 3 N–H and O–H groups in total. The average Bonchev–Trinajstić information content (AvgIpc) is 3.22. The zero-order chi connectivity index (χ0) is 19.7. The highest BCUT2D eigenvalue weighted by Crippen LogP contribution is 2.30. The van der Waals surface area contributed by atoms with Crippen LogP contribution < -0.4 is 16.0 Å². The highest BCUT2D eigenvalue weighted by Gasteiger charge is 2.48. The first kappa shape index (κ1) is 21.8. The standard InChI is InChI=1S/C19H29N7O2.HI/c1-19(16(27)23-18(28)24-19)13-6-9-25(10-7-13)17(20-2)21-11-14-12-26-8-4-3-5-15(26)22-14;/h12-13H,3-11H2,1-2H3,(H,20,21)(H2,23,24,27,28);1H. The molecule has 0 radical (unpaired) electrons. The molecule has 160 valence electrons. The molecule has 9 nitrogen and oxygen atoms in total. The number of guanidine groups is 1. The SMILES string of the molecule is CN=C(NCc1cn2c(n1)CCCC2)N1CCC(C2(C)NC(=O)NC2=O)CC1.I. The highest BCUT2D eigenvalue weighted by atomic mass is 127. The van der Waals surface area contributed by atoms with Gasteiger partial charge in [-0.15, -0.1) is 24.0 Å². The molecule has 4 rings (SSSR count). The van der Waals surface area contributed by atoms with E-state index in [4.69, 9.17) is 4.98 Å². The number of halogens is 1. The molecule has 29 heavy (non-hydrogen) atoms. The van der Waals surface area contributed by atoms with Crippen LogP contribution in [0.4, 0.5) is 4.79 Å². The number of urea groups is 1. The van der Waals surface area contributed by atoms with Gasteiger partial charge in [-0.3, -0.25) is 15.1 Å². The van der Waals surface area contributed by atoms with E-state index in [-0.39, 0.29) is 35.8 Å². The van der Waals surface area contributed by atoms with Gasteiger partial charge in [-0.2, -0.15) is 0 Å². The lowest BCUT2D eigenvalue weighted by Gasteiger charge is -2.39. The molecule has 1 aromatic heterocycles. The van der Waals surface area contributed by atoms with Crippen LogP contribution in [-0.2, 0) is 24.3 Å². The van der Waals surface area contributed by atoms with Crippen LogP contribution in [0.25, 0.3) is 0 Å². The summed E-state index contributed by atoms with van der Waals surface area (Å²) in [7, 11) is 1.79. The first-order chi connectivity index (χ1) is 13.5. The Hall–Kier alpha value is -1.85. The fraction of sp³-hybridized carbons (Fsp3) is 0.684. The van der Waals surface area contributed by atoms with Crippen LogP contribution in [0.15, 0.2) is 11.2 Å². The predicted molar refractivity (Wildman–Crippen MR) is 120 cm³/mol. The fourth-order valence-electron chi connectivity index (χ4n) is 4.57. The van der Waals surface area contributed by atoms with Crippen molar-refractivity contribution in [3.63, 3.8) is 0 Å². The minimum absolute atomic E-state index is 0. The number of carbonyl (C=O) groups is 2. The van der Waals surface area contributed by atoms with Crippen LogP contribution in [0.2, 0.25) is 0 Å². The number of fused-ring (bicyclic) bond motifs is 1. The van der Waals surface area contributed by atoms with Gasteiger partial charge in [-0.1, -0.05) is 0 Å². The van der Waals surface area contributed by atoms with E-state index in [0.717, 1.165) is 50.6 Å². The summed E-state index contributed by atoms with van der Waals surface area (Å²) in [4.78, 5) is 35.1. The maximum absolute atomic E-state index is 12.2. The van der Waals surface area contributed by atoms with Crippen molar-refractivity contribution >= 4 is 41.9 Å². The van der Waals surface area contributed by atoms with Gasteiger partial charge in [-0.05, 0) is 38.5 Å². The number of likely N-dealkylation sites (tertiary alicyclic amines) is 1. The van der Waals surface area contributed by atoms with E-state index in [9.17, 15) is 9.59 Å². The van der Waals surface area contributed by atoms with E-state index in [1.165, 1.54) is 18.7 Å². The van der Waals surface area contributed by atoms with E-state index < -0.39 is 11.6 Å². The second kappa shape index (κ2) is 8.88. The number of carbonyl (C=O) groups excluding carboxylic acids is 2. The summed E-state index contributed by atoms with van der Waals surface area (Å²) in [6, 6.07) is -0.393. The number of nitrogens with one attached hydrogen (secondary N) is 3. The van der Waals surface area contributed by atoms with Gasteiger partial charge in [0.15, 0.2) is 5.96 Å². The summed E-state index contributed by atoms with van der Waals surface area (Å²) in [5.74, 6) is 1.94. The Kier molecular flexibility index (Phi) is 6.69. The molecule has 0 aliphatic carbocycles. The van der Waals surface area contributed by atoms with E-state index in [0.29, 0.717) is 6.54 Å². The molecule has 0 saturated carbocycles. The molecule has 1 atom stereocenters. The van der Waals surface area contributed by atoms with Crippen LogP contribution in [0.5, 0.6) is 0 Å². The molecule has 4 heterocycles. The minimum atomic E-state index is -0.810. The van der Waals surface area contributed by atoms with E-state index >= 15 is 0 Å². The van der Waals surface area contributed by atoms with E-state index in [2.05, 4.69) is 36.6 Å². The lowest BCUT2D eigenvalue weighted by molar-refractivity contribution is -0.125. The van der Waals surface area contributed by atoms with Crippen molar-refractivity contribution in [1.82, 2.24) is 30.4 Å². The minimum Gasteiger partial charge on any atom is -0.351 e. The van der Waals surface area contributed by atoms with Crippen molar-refractivity contribution in [1.29, 1.82) is 0 Å². The number of rotatable bonds is 3. The predicted octanol–water partition coefficient (Wildman–Crippen LogP) is 1.22. The van der Waals surface area contributed by atoms with Crippen molar-refractivity contribution in [2.45, 2.75) is 57.7 Å². The number of imidazole rings is 1. The molecule has 3 aliphatic rings. The zero-order valence-corrected chi connectivity index (χ0v) is 19.4. The normalized spacial score (nSPS) is 25.2. The van der Waals surface area contributed by atoms with Gasteiger partial charge < -0.3 is 20.1 Å². The van der Waals surface area contributed by atoms with Crippen LogP contribution in [0, 0.1) is 5.92 Å². The molecule has 3 amide bonds. The maximum atomic E-state index is 12.2. The smallest absolute Gasteiger partial charge is 0.322 e. The van der Waals surface area contributed by atoms with Gasteiger partial charge >= 0.3 is 6.03 Å². The van der Waals surface area contributed by atoms with Gasteiger partial charge in [0.25, 0.3) is 5.91 Å². The monoisotopic (exact) mass is 515 g/mol. The number of hydrogen-bond acceptors (Lipinski definition) is 4. The summed E-state index contributed by atoms with van der Waals surface area (Å²) >= 11 is 0. The molecule has 0 spiro atoms. The lowest BCUT2D eigenvalue weighted by atomic mass is 9.79. The quantitative estimate of drug-likeness (QED) is 0.243. The highest BCUT2D eigenvalue weighted by molar-refractivity contribution is 14.0. The Bertz CT molecular complexity index is 777. The lowest BCUT2D eigenvalue weighted by Crippen LogP contribution is -2.55. The molecule has 2 fully saturated rings. The molecule has 3 aliphatic heterocycles. The summed E-state index contributed by atoms with van der Waals surface area (Å²) in [6.45, 7) is 5.13. The van der Waals surface area contributed by atoms with Gasteiger partial charge in [0.05, 0.1) is 12.2 Å². The Morgan fingerprint density at radius 1 is 1.31 bits per heavy atom. The topological polar surface area (TPSA) is 104 Å². The third-order valence-electron chi connectivity index (χ3n) is 6.28. The summed E-state index contributed by atoms with van der Waals surface area (Å²) in [5.41, 5.74) is 0.237. The number of piperidine rings is 1. The van der Waals surface area contributed by atoms with Crippen LogP contribution in [-0.4, -0.2) is 58.0 Å². The second-order valence-corrected chi connectivity index (χ2v) is 8.07. The number of aryl methyl sites for hydroxylation is 2. The summed E-state index contributed by atoms with van der Waals surface area (Å²) in [5, 5.41) is 8.59. The van der Waals surface area contributed by atoms with E-state index in [1.807, 2.05) is 6.92 Å². The largest absolute Gasteiger partial charge is 0.351 e. The molecule has 2 saturated heterocycles. The Morgan fingerprint density at radius 2 is 2.07 bits per heavy atom. The molecule has 1 aromatic rings. The fourth-order valence-corrected chi connectivity index (χ4v) is 4.57. The number of amides is 3. The number of hydrogen-bond donors (Lipinski definition) is 3. The number of imide groups is 1. The molecule has 1 unspecified atom stereocenters. The van der Waals surface area contributed by atoms with Gasteiger partial charge in [0.2, 0.25) is 0 Å². The van der Waals surface area contributed by atoms with Gasteiger partial charge in [-0.25, -0.2) is 9.78 Å². The Labute approximate surface area is 188 Å². The summed E-state index contributed by atoms with van der Waals surface area (Å²) < 4.78 is 2.26. The Morgan fingerprint density at radius 3 is 2.69 bits per heavy atom. The average molecular weight is 515 g/mol. The van der Waals surface area contributed by atoms with Gasteiger partial charge in [0, 0.05) is 39.3 Å². The van der Waals surface area contributed by atoms with Crippen LogP contribution >= 0.6 is 24.0 Å². The number of nitrogens with zero attached hydrogens (tertiary/aromatic N) is 4. The third-order valence-corrected chi connectivity index (χ3v) is 6.28.